The third-order valence-corrected chi connectivity index (χ3v) is 10.4. The lowest BCUT2D eigenvalue weighted by atomic mass is 10.0. The highest BCUT2D eigenvalue weighted by atomic mass is 35.5. The summed E-state index contributed by atoms with van der Waals surface area (Å²) in [6.07, 6.45) is 0.871. The second kappa shape index (κ2) is 16.2. The van der Waals surface area contributed by atoms with Crippen LogP contribution in [0.4, 0.5) is 5.69 Å². The minimum atomic E-state index is -4.28. The molecule has 0 fully saturated rings. The van der Waals surface area contributed by atoms with E-state index in [1.54, 1.807) is 54.6 Å². The molecule has 8 nitrogen and oxygen atoms in total. The van der Waals surface area contributed by atoms with Crippen LogP contribution in [-0.4, -0.2) is 50.9 Å². The van der Waals surface area contributed by atoms with E-state index in [1.807, 2.05) is 51.1 Å². The van der Waals surface area contributed by atoms with Crippen molar-refractivity contribution >= 4 is 50.7 Å². The maximum atomic E-state index is 14.6. The number of methoxy groups -OCH3 is 1. The molecule has 0 radical (unpaired) electrons. The Morgan fingerprint density at radius 2 is 1.53 bits per heavy atom. The van der Waals surface area contributed by atoms with Crippen LogP contribution >= 0.6 is 23.2 Å². The molecular weight excluding hydrogens is 657 g/mol. The molecule has 0 heterocycles. The van der Waals surface area contributed by atoms with E-state index in [4.69, 9.17) is 27.9 Å². The Bertz CT molecular complexity index is 1790. The molecule has 0 bridgehead atoms. The lowest BCUT2D eigenvalue weighted by molar-refractivity contribution is -0.140. The van der Waals surface area contributed by atoms with Gasteiger partial charge in [0.25, 0.3) is 10.0 Å². The summed E-state index contributed by atoms with van der Waals surface area (Å²) in [5.41, 5.74) is 2.51. The molecule has 248 valence electrons. The van der Waals surface area contributed by atoms with Crippen LogP contribution in [0.15, 0.2) is 102 Å². The number of rotatable bonds is 14. The van der Waals surface area contributed by atoms with Gasteiger partial charge in [-0.3, -0.25) is 13.9 Å². The predicted molar refractivity (Wildman–Crippen MR) is 188 cm³/mol. The first kappa shape index (κ1) is 35.8. The van der Waals surface area contributed by atoms with Gasteiger partial charge in [-0.15, -0.1) is 0 Å². The number of ether oxygens (including phenoxy) is 1. The molecule has 4 aromatic carbocycles. The summed E-state index contributed by atoms with van der Waals surface area (Å²) in [6.45, 7) is 5.05. The number of hydrogen-bond donors (Lipinski definition) is 1. The highest BCUT2D eigenvalue weighted by Crippen LogP contribution is 2.33. The topological polar surface area (TPSA) is 96.0 Å². The summed E-state index contributed by atoms with van der Waals surface area (Å²) in [4.78, 5) is 30.0. The summed E-state index contributed by atoms with van der Waals surface area (Å²) in [5.74, 6) is -0.692. The van der Waals surface area contributed by atoms with Gasteiger partial charge < -0.3 is 15.0 Å². The standard InChI is InChI=1S/C36H39Cl2N3O5S/c1-5-26(3)39-36(43)33(22-27-11-7-6-8-12-27)40(23-28-17-20-30(37)31(38)21-28)35(42)24-41(32-13-9-10-14-34(32)46-4)47(44,45)29-18-15-25(2)16-19-29/h6-21,26,33H,5,22-24H2,1-4H3,(H,39,43)/t26-,33+/m1/s1. The zero-order chi connectivity index (χ0) is 34.1. The molecule has 0 aliphatic carbocycles. The summed E-state index contributed by atoms with van der Waals surface area (Å²) in [5, 5.41) is 3.66. The van der Waals surface area contributed by atoms with Crippen LogP contribution in [0.2, 0.25) is 10.0 Å². The molecule has 0 aromatic heterocycles. The van der Waals surface area contributed by atoms with E-state index in [1.165, 1.54) is 24.1 Å². The lowest BCUT2D eigenvalue weighted by Gasteiger charge is -2.34. The third kappa shape index (κ3) is 9.06. The highest BCUT2D eigenvalue weighted by molar-refractivity contribution is 7.92. The molecule has 47 heavy (non-hydrogen) atoms. The second-order valence-corrected chi connectivity index (χ2v) is 14.0. The number of nitrogens with zero attached hydrogens (tertiary/aromatic N) is 2. The molecular formula is C36H39Cl2N3O5S. The Kier molecular flexibility index (Phi) is 12.3. The molecule has 1 N–H and O–H groups in total. The van der Waals surface area contributed by atoms with Gasteiger partial charge in [0.2, 0.25) is 11.8 Å². The monoisotopic (exact) mass is 695 g/mol. The lowest BCUT2D eigenvalue weighted by Crippen LogP contribution is -2.54. The van der Waals surface area contributed by atoms with Gasteiger partial charge in [-0.2, -0.15) is 0 Å². The Hall–Kier alpha value is -4.05. The number of anilines is 1. The SMILES string of the molecule is CC[C@@H](C)NC(=O)[C@H](Cc1ccccc1)N(Cc1ccc(Cl)c(Cl)c1)C(=O)CN(c1ccccc1OC)S(=O)(=O)c1ccc(C)cc1. The second-order valence-electron chi connectivity index (χ2n) is 11.3. The van der Waals surface area contributed by atoms with E-state index in [0.717, 1.165) is 15.4 Å². The van der Waals surface area contributed by atoms with Crippen molar-refractivity contribution in [3.05, 3.63) is 124 Å². The zero-order valence-electron chi connectivity index (χ0n) is 26.8. The van der Waals surface area contributed by atoms with Crippen molar-refractivity contribution in [1.29, 1.82) is 0 Å². The van der Waals surface area contributed by atoms with Crippen molar-refractivity contribution in [3.8, 4) is 5.75 Å². The maximum Gasteiger partial charge on any atom is 0.264 e. The van der Waals surface area contributed by atoms with Gasteiger partial charge in [-0.25, -0.2) is 8.42 Å². The fourth-order valence-electron chi connectivity index (χ4n) is 5.02. The summed E-state index contributed by atoms with van der Waals surface area (Å²) < 4.78 is 35.1. The number of hydrogen-bond acceptors (Lipinski definition) is 5. The van der Waals surface area contributed by atoms with Gasteiger partial charge in [0, 0.05) is 19.0 Å². The van der Waals surface area contributed by atoms with Gasteiger partial charge in [0.15, 0.2) is 0 Å². The molecule has 0 unspecified atom stereocenters. The van der Waals surface area contributed by atoms with E-state index >= 15 is 0 Å². The van der Waals surface area contributed by atoms with Gasteiger partial charge in [-0.1, -0.05) is 96.4 Å². The zero-order valence-corrected chi connectivity index (χ0v) is 29.1. The number of sulfonamides is 1. The molecule has 4 aromatic rings. The summed E-state index contributed by atoms with van der Waals surface area (Å²) in [6, 6.07) is 26.2. The first-order chi connectivity index (χ1) is 22.4. The van der Waals surface area contributed by atoms with Crippen molar-refractivity contribution in [1.82, 2.24) is 10.2 Å². The molecule has 0 aliphatic rings. The molecule has 0 spiro atoms. The highest BCUT2D eigenvalue weighted by Gasteiger charge is 2.35. The molecule has 4 rings (SSSR count). The Morgan fingerprint density at radius 3 is 2.17 bits per heavy atom. The number of para-hydroxylation sites is 2. The number of halogens is 2. The van der Waals surface area contributed by atoms with E-state index in [9.17, 15) is 18.0 Å². The molecule has 2 amide bonds. The van der Waals surface area contributed by atoms with Crippen molar-refractivity contribution in [2.45, 2.75) is 57.1 Å². The van der Waals surface area contributed by atoms with Crippen LogP contribution in [0.5, 0.6) is 5.75 Å². The molecule has 0 saturated heterocycles. The van der Waals surface area contributed by atoms with Crippen LogP contribution in [0.25, 0.3) is 0 Å². The number of amides is 2. The van der Waals surface area contributed by atoms with Crippen LogP contribution in [0.3, 0.4) is 0 Å². The maximum absolute atomic E-state index is 14.6. The molecule has 0 aliphatic heterocycles. The van der Waals surface area contributed by atoms with Crippen LogP contribution in [0.1, 0.15) is 37.0 Å². The van der Waals surface area contributed by atoms with Crippen LogP contribution < -0.4 is 14.4 Å². The average Bonchev–Trinajstić information content (AvgIpc) is 3.07. The Labute approximate surface area is 287 Å². The molecule has 11 heteroatoms. The van der Waals surface area contributed by atoms with Crippen molar-refractivity contribution in [2.24, 2.45) is 0 Å². The van der Waals surface area contributed by atoms with Crippen molar-refractivity contribution in [2.75, 3.05) is 18.0 Å². The summed E-state index contributed by atoms with van der Waals surface area (Å²) >= 11 is 12.6. The molecule has 2 atom stereocenters. The van der Waals surface area contributed by atoms with Crippen molar-refractivity contribution < 1.29 is 22.7 Å². The number of aryl methyl sites for hydroxylation is 1. The molecule has 0 saturated carbocycles. The van der Waals surface area contributed by atoms with Gasteiger partial charge >= 0.3 is 0 Å². The van der Waals surface area contributed by atoms with E-state index < -0.39 is 28.5 Å². The fraction of sp³-hybridized carbons (Fsp3) is 0.278. The number of benzene rings is 4. The third-order valence-electron chi connectivity index (χ3n) is 7.85. The smallest absolute Gasteiger partial charge is 0.264 e. The van der Waals surface area contributed by atoms with Crippen LogP contribution in [0, 0.1) is 6.92 Å². The number of carbonyl (C=O) groups is 2. The predicted octanol–water partition coefficient (Wildman–Crippen LogP) is 7.06. The first-order valence-corrected chi connectivity index (χ1v) is 17.4. The number of carbonyl (C=O) groups excluding carboxylic acids is 2. The fourth-order valence-corrected chi connectivity index (χ4v) is 6.76. The minimum Gasteiger partial charge on any atom is -0.495 e. The number of nitrogens with one attached hydrogen (secondary N) is 1. The Balaban J connectivity index is 1.85. The van der Waals surface area contributed by atoms with E-state index in [0.29, 0.717) is 17.0 Å². The minimum absolute atomic E-state index is 0.00758. The average molecular weight is 697 g/mol. The normalized spacial score (nSPS) is 12.6. The first-order valence-electron chi connectivity index (χ1n) is 15.2. The van der Waals surface area contributed by atoms with Crippen molar-refractivity contribution in [3.63, 3.8) is 0 Å². The quantitative estimate of drug-likeness (QED) is 0.152. The Morgan fingerprint density at radius 1 is 0.872 bits per heavy atom. The van der Waals surface area contributed by atoms with Gasteiger partial charge in [0.1, 0.15) is 18.3 Å². The van der Waals surface area contributed by atoms with E-state index in [2.05, 4.69) is 5.32 Å². The largest absolute Gasteiger partial charge is 0.495 e. The van der Waals surface area contributed by atoms with Gasteiger partial charge in [0.05, 0.1) is 27.7 Å². The van der Waals surface area contributed by atoms with E-state index in [-0.39, 0.29) is 46.3 Å². The van der Waals surface area contributed by atoms with Crippen LogP contribution in [-0.2, 0) is 32.6 Å². The van der Waals surface area contributed by atoms with Gasteiger partial charge in [-0.05, 0) is 67.8 Å². The summed E-state index contributed by atoms with van der Waals surface area (Å²) in [7, 11) is -2.84.